The van der Waals surface area contributed by atoms with Gasteiger partial charge in [-0.2, -0.15) is 17.0 Å². The molecule has 3 heterocycles. The maximum absolute atomic E-state index is 12.9. The SMILES string of the molecule is CCN(CC)S(=O)(=O)N1CC[C@@H](c2nc(C)c3c(n2)N(Cc2ccccc2)CCC3)C1. The molecule has 0 saturated carbocycles. The van der Waals surface area contributed by atoms with Crippen molar-refractivity contribution in [2.75, 3.05) is 37.6 Å². The maximum atomic E-state index is 12.9. The van der Waals surface area contributed by atoms with E-state index in [1.807, 2.05) is 19.9 Å². The van der Waals surface area contributed by atoms with Crippen molar-refractivity contribution in [3.05, 3.63) is 53.0 Å². The standard InChI is InChI=1S/C23H33N5O2S/c1-4-27(5-2)31(29,30)28-15-13-20(17-28)22-24-18(3)21-12-9-14-26(23(21)25-22)16-19-10-7-6-8-11-19/h6-8,10-11,20H,4-5,9,12-17H2,1-3H3/t20-/m1/s1. The molecule has 0 N–H and O–H groups in total. The second-order valence-electron chi connectivity index (χ2n) is 8.42. The van der Waals surface area contributed by atoms with Gasteiger partial charge >= 0.3 is 0 Å². The molecule has 1 aromatic heterocycles. The zero-order valence-corrected chi connectivity index (χ0v) is 19.6. The Balaban J connectivity index is 1.58. The van der Waals surface area contributed by atoms with Crippen LogP contribution in [-0.4, -0.2) is 59.7 Å². The molecule has 1 fully saturated rings. The average Bonchev–Trinajstić information content (AvgIpc) is 3.27. The normalized spacial score (nSPS) is 19.7. The fourth-order valence-corrected chi connectivity index (χ4v) is 6.39. The third-order valence-electron chi connectivity index (χ3n) is 6.45. The van der Waals surface area contributed by atoms with Crippen LogP contribution in [0.4, 0.5) is 5.82 Å². The summed E-state index contributed by atoms with van der Waals surface area (Å²) in [5.74, 6) is 1.85. The summed E-state index contributed by atoms with van der Waals surface area (Å²) in [6.45, 7) is 9.59. The molecular formula is C23H33N5O2S. The van der Waals surface area contributed by atoms with Gasteiger partial charge in [0, 0.05) is 56.4 Å². The highest BCUT2D eigenvalue weighted by Crippen LogP contribution is 2.33. The lowest BCUT2D eigenvalue weighted by Crippen LogP contribution is -2.42. The van der Waals surface area contributed by atoms with Crippen LogP contribution in [0.2, 0.25) is 0 Å². The number of aryl methyl sites for hydroxylation is 1. The van der Waals surface area contributed by atoms with E-state index in [2.05, 4.69) is 36.1 Å². The molecular weight excluding hydrogens is 410 g/mol. The van der Waals surface area contributed by atoms with Crippen LogP contribution in [0.3, 0.4) is 0 Å². The Morgan fingerprint density at radius 1 is 1.10 bits per heavy atom. The Bertz CT molecular complexity index is 1010. The molecule has 31 heavy (non-hydrogen) atoms. The van der Waals surface area contributed by atoms with Crippen molar-refractivity contribution >= 4 is 16.0 Å². The maximum Gasteiger partial charge on any atom is 0.281 e. The Labute approximate surface area is 186 Å². The van der Waals surface area contributed by atoms with Crippen molar-refractivity contribution in [2.45, 2.75) is 52.5 Å². The zero-order valence-electron chi connectivity index (χ0n) is 18.8. The highest BCUT2D eigenvalue weighted by molar-refractivity contribution is 7.86. The van der Waals surface area contributed by atoms with Crippen molar-refractivity contribution in [3.63, 3.8) is 0 Å². The van der Waals surface area contributed by atoms with Crippen LogP contribution in [0.15, 0.2) is 30.3 Å². The molecule has 168 valence electrons. The second-order valence-corrected chi connectivity index (χ2v) is 10.3. The zero-order chi connectivity index (χ0) is 22.0. The number of benzene rings is 1. The first-order chi connectivity index (χ1) is 14.9. The van der Waals surface area contributed by atoms with Gasteiger partial charge in [-0.25, -0.2) is 9.97 Å². The molecule has 0 aliphatic carbocycles. The Kier molecular flexibility index (Phi) is 6.60. The van der Waals surface area contributed by atoms with E-state index in [-0.39, 0.29) is 5.92 Å². The van der Waals surface area contributed by atoms with Gasteiger partial charge in [-0.15, -0.1) is 0 Å². The van der Waals surface area contributed by atoms with E-state index >= 15 is 0 Å². The summed E-state index contributed by atoms with van der Waals surface area (Å²) in [6.07, 6.45) is 2.86. The largest absolute Gasteiger partial charge is 0.352 e. The molecule has 2 aliphatic heterocycles. The fraction of sp³-hybridized carbons (Fsp3) is 0.565. The van der Waals surface area contributed by atoms with Crippen molar-refractivity contribution in [1.29, 1.82) is 0 Å². The number of rotatable bonds is 7. The highest BCUT2D eigenvalue weighted by Gasteiger charge is 2.37. The predicted octanol–water partition coefficient (Wildman–Crippen LogP) is 3.11. The summed E-state index contributed by atoms with van der Waals surface area (Å²) in [5.41, 5.74) is 3.53. The van der Waals surface area contributed by atoms with Gasteiger partial charge in [0.05, 0.1) is 0 Å². The molecule has 2 aromatic rings. The van der Waals surface area contributed by atoms with Crippen LogP contribution in [-0.2, 0) is 23.2 Å². The summed E-state index contributed by atoms with van der Waals surface area (Å²) in [5, 5.41) is 0. The van der Waals surface area contributed by atoms with Crippen molar-refractivity contribution in [2.24, 2.45) is 0 Å². The molecule has 0 spiro atoms. The van der Waals surface area contributed by atoms with Gasteiger partial charge in [0.1, 0.15) is 11.6 Å². The van der Waals surface area contributed by atoms with Gasteiger partial charge in [0.25, 0.3) is 10.2 Å². The van der Waals surface area contributed by atoms with Gasteiger partial charge < -0.3 is 4.90 Å². The van der Waals surface area contributed by atoms with Gasteiger partial charge in [-0.1, -0.05) is 44.2 Å². The fourth-order valence-electron chi connectivity index (χ4n) is 4.71. The summed E-state index contributed by atoms with van der Waals surface area (Å²) in [6, 6.07) is 10.5. The first kappa shape index (κ1) is 22.2. The molecule has 2 aliphatic rings. The monoisotopic (exact) mass is 443 g/mol. The smallest absolute Gasteiger partial charge is 0.281 e. The summed E-state index contributed by atoms with van der Waals surface area (Å²) in [7, 11) is -3.42. The third-order valence-corrected chi connectivity index (χ3v) is 8.61. The van der Waals surface area contributed by atoms with Gasteiger partial charge in [0.15, 0.2) is 0 Å². The first-order valence-electron chi connectivity index (χ1n) is 11.4. The Morgan fingerprint density at radius 3 is 2.55 bits per heavy atom. The Hall–Kier alpha value is -2.03. The van der Waals surface area contributed by atoms with E-state index in [0.717, 1.165) is 49.7 Å². The van der Waals surface area contributed by atoms with E-state index < -0.39 is 10.2 Å². The van der Waals surface area contributed by atoms with Crippen molar-refractivity contribution < 1.29 is 8.42 Å². The highest BCUT2D eigenvalue weighted by atomic mass is 32.2. The number of anilines is 1. The molecule has 7 nitrogen and oxygen atoms in total. The lowest BCUT2D eigenvalue weighted by atomic mass is 10.0. The van der Waals surface area contributed by atoms with Crippen LogP contribution in [0.25, 0.3) is 0 Å². The number of fused-ring (bicyclic) bond motifs is 1. The van der Waals surface area contributed by atoms with Crippen LogP contribution in [0.5, 0.6) is 0 Å². The van der Waals surface area contributed by atoms with E-state index in [1.165, 1.54) is 15.4 Å². The molecule has 8 heteroatoms. The van der Waals surface area contributed by atoms with Gasteiger partial charge in [-0.05, 0) is 31.7 Å². The van der Waals surface area contributed by atoms with Crippen molar-refractivity contribution in [1.82, 2.24) is 18.6 Å². The minimum atomic E-state index is -3.42. The summed E-state index contributed by atoms with van der Waals surface area (Å²) in [4.78, 5) is 12.2. The van der Waals surface area contributed by atoms with E-state index in [4.69, 9.17) is 9.97 Å². The minimum absolute atomic E-state index is 0.0369. The molecule has 0 unspecified atom stereocenters. The predicted molar refractivity (Wildman–Crippen MR) is 123 cm³/mol. The summed E-state index contributed by atoms with van der Waals surface area (Å²) >= 11 is 0. The first-order valence-corrected chi connectivity index (χ1v) is 12.7. The van der Waals surface area contributed by atoms with E-state index in [9.17, 15) is 8.42 Å². The third kappa shape index (κ3) is 4.47. The van der Waals surface area contributed by atoms with Crippen LogP contribution < -0.4 is 4.90 Å². The molecule has 0 amide bonds. The molecule has 1 atom stereocenters. The molecule has 4 rings (SSSR count). The molecule has 1 aromatic carbocycles. The van der Waals surface area contributed by atoms with E-state index in [0.29, 0.717) is 26.2 Å². The topological polar surface area (TPSA) is 69.6 Å². The van der Waals surface area contributed by atoms with Crippen molar-refractivity contribution in [3.8, 4) is 0 Å². The second kappa shape index (κ2) is 9.22. The lowest BCUT2D eigenvalue weighted by molar-refractivity contribution is 0.377. The molecule has 0 radical (unpaired) electrons. The Morgan fingerprint density at radius 2 is 1.84 bits per heavy atom. The van der Waals surface area contributed by atoms with Crippen LogP contribution in [0, 0.1) is 6.92 Å². The van der Waals surface area contributed by atoms with Gasteiger partial charge in [-0.3, -0.25) is 0 Å². The average molecular weight is 444 g/mol. The quantitative estimate of drug-likeness (QED) is 0.658. The minimum Gasteiger partial charge on any atom is -0.352 e. The lowest BCUT2D eigenvalue weighted by Gasteiger charge is -2.31. The van der Waals surface area contributed by atoms with Crippen LogP contribution in [0.1, 0.15) is 55.3 Å². The van der Waals surface area contributed by atoms with Crippen LogP contribution >= 0.6 is 0 Å². The number of hydrogen-bond donors (Lipinski definition) is 0. The summed E-state index contributed by atoms with van der Waals surface area (Å²) < 4.78 is 29.0. The molecule has 0 bridgehead atoms. The number of hydrogen-bond acceptors (Lipinski definition) is 5. The molecule has 1 saturated heterocycles. The number of aromatic nitrogens is 2. The number of nitrogens with zero attached hydrogens (tertiary/aromatic N) is 5. The van der Waals surface area contributed by atoms with Gasteiger partial charge in [0.2, 0.25) is 0 Å². The van der Waals surface area contributed by atoms with E-state index in [1.54, 1.807) is 4.31 Å².